The van der Waals surface area contributed by atoms with Crippen molar-refractivity contribution in [3.8, 4) is 12.1 Å². The molecule has 0 bridgehead atoms. The lowest BCUT2D eigenvalue weighted by molar-refractivity contribution is -0.143. The molecule has 0 heterocycles. The molecule has 0 saturated heterocycles. The van der Waals surface area contributed by atoms with E-state index in [9.17, 15) is 38.1 Å². The van der Waals surface area contributed by atoms with E-state index in [-0.39, 0.29) is 68.7 Å². The molecule has 1 aromatic carbocycles. The van der Waals surface area contributed by atoms with Crippen molar-refractivity contribution in [2.45, 2.75) is 91.3 Å². The van der Waals surface area contributed by atoms with Gasteiger partial charge in [-0.3, -0.25) is 14.4 Å². The first-order chi connectivity index (χ1) is 22.4. The number of nitriles is 2. The molecule has 6 nitrogen and oxygen atoms in total. The molecule has 1 aromatic rings. The van der Waals surface area contributed by atoms with Gasteiger partial charge in [-0.15, -0.1) is 0 Å². The number of carbonyl (C=O) groups excluding carboxylic acids is 3. The highest BCUT2D eigenvalue weighted by Gasteiger charge is 2.64. The van der Waals surface area contributed by atoms with E-state index in [0.29, 0.717) is 19.3 Å². The van der Waals surface area contributed by atoms with Gasteiger partial charge in [0, 0.05) is 28.9 Å². The number of Topliss-reactive ketones (excluding diaryl/α,β-unsaturated/α-hetero) is 1. The molecule has 252 valence electrons. The highest BCUT2D eigenvalue weighted by atomic mass is 19.4. The first-order valence-electron chi connectivity index (χ1n) is 16.9. The van der Waals surface area contributed by atoms with Gasteiger partial charge >= 0.3 is 6.18 Å². The van der Waals surface area contributed by atoms with Gasteiger partial charge in [0.1, 0.15) is 6.07 Å². The summed E-state index contributed by atoms with van der Waals surface area (Å²) >= 11 is 0. The number of ketones is 2. The third-order valence-corrected chi connectivity index (χ3v) is 13.0. The minimum atomic E-state index is -4.51. The van der Waals surface area contributed by atoms with Crippen molar-refractivity contribution in [1.29, 1.82) is 10.5 Å². The topological polar surface area (TPSA) is 111 Å². The van der Waals surface area contributed by atoms with Gasteiger partial charge in [-0.25, -0.2) is 0 Å². The van der Waals surface area contributed by atoms with Crippen molar-refractivity contribution >= 4 is 23.0 Å². The Balaban J connectivity index is 1.35. The molecule has 0 radical (unpaired) electrons. The highest BCUT2D eigenvalue weighted by Crippen LogP contribution is 2.68. The maximum atomic E-state index is 14.5. The SMILES string of the molecule is CC1C(=O)C(C#N)=CC2(C)C3=CC(=O)C4C5CC(C)(C)CCC5(NC(=O)/C=C(\C#N)c5ccc(C(F)(F)F)cc5)CCC4C3(C)CCC12. The largest absolute Gasteiger partial charge is 0.416 e. The Bertz CT molecular complexity index is 1760. The minimum absolute atomic E-state index is 0.00661. The molecule has 0 aromatic heterocycles. The van der Waals surface area contributed by atoms with Crippen LogP contribution in [0.3, 0.4) is 0 Å². The van der Waals surface area contributed by atoms with E-state index >= 15 is 0 Å². The molecule has 8 unspecified atom stereocenters. The zero-order valence-corrected chi connectivity index (χ0v) is 28.1. The van der Waals surface area contributed by atoms with E-state index in [0.717, 1.165) is 49.5 Å². The number of carbonyl (C=O) groups is 3. The maximum absolute atomic E-state index is 14.5. The lowest BCUT2D eigenvalue weighted by Gasteiger charge is -2.64. The van der Waals surface area contributed by atoms with Gasteiger partial charge < -0.3 is 5.32 Å². The first-order valence-corrected chi connectivity index (χ1v) is 16.9. The number of alkyl halides is 3. The summed E-state index contributed by atoms with van der Waals surface area (Å²) in [4.78, 5) is 41.1. The molecule has 8 atom stereocenters. The van der Waals surface area contributed by atoms with Gasteiger partial charge in [-0.1, -0.05) is 58.4 Å². The summed E-state index contributed by atoms with van der Waals surface area (Å²) in [5, 5.41) is 22.9. The van der Waals surface area contributed by atoms with Crippen molar-refractivity contribution in [2.24, 2.45) is 45.8 Å². The number of allylic oxidation sites excluding steroid dienone is 5. The standard InChI is InChI=1S/C39H42F3N3O3/c1-22-27-10-12-36(4)28-11-13-38(45-32(47)16-24(20-43)23-6-8-26(9-7-23)39(40,41)42)15-14-35(2,3)19-29(38)33(28)30(46)17-31(36)37(27,5)18-25(21-44)34(22)48/h6-9,16-18,22,27-29,33H,10-15,19H2,1-5H3,(H,45,47)/b24-16+. The van der Waals surface area contributed by atoms with Crippen LogP contribution in [0.25, 0.3) is 5.57 Å². The Hall–Kier alpha value is -3.98. The molecule has 3 saturated carbocycles. The summed E-state index contributed by atoms with van der Waals surface area (Å²) in [5.41, 5.74) is -1.12. The van der Waals surface area contributed by atoms with Gasteiger partial charge in [0.05, 0.1) is 22.8 Å². The molecule has 48 heavy (non-hydrogen) atoms. The molecular formula is C39H42F3N3O3. The average molecular weight is 658 g/mol. The second-order valence-electron chi connectivity index (χ2n) is 16.2. The van der Waals surface area contributed by atoms with Crippen molar-refractivity contribution in [1.82, 2.24) is 5.32 Å². The molecule has 5 aliphatic carbocycles. The van der Waals surface area contributed by atoms with Gasteiger partial charge in [0.2, 0.25) is 5.91 Å². The van der Waals surface area contributed by atoms with Crippen LogP contribution in [0.2, 0.25) is 0 Å². The molecule has 1 amide bonds. The predicted molar refractivity (Wildman–Crippen MR) is 173 cm³/mol. The number of rotatable bonds is 3. The van der Waals surface area contributed by atoms with E-state index < -0.39 is 28.6 Å². The highest BCUT2D eigenvalue weighted by molar-refractivity contribution is 6.02. The lowest BCUT2D eigenvalue weighted by Crippen LogP contribution is -2.66. The first kappa shape index (κ1) is 33.9. The molecule has 6 rings (SSSR count). The average Bonchev–Trinajstić information content (AvgIpc) is 3.02. The molecule has 5 aliphatic rings. The van der Waals surface area contributed by atoms with Crippen LogP contribution < -0.4 is 5.32 Å². The number of nitrogens with zero attached hydrogens (tertiary/aromatic N) is 2. The molecule has 0 spiro atoms. The van der Waals surface area contributed by atoms with Crippen LogP contribution in [-0.4, -0.2) is 23.0 Å². The normalized spacial score (nSPS) is 37.3. The second kappa shape index (κ2) is 11.3. The summed E-state index contributed by atoms with van der Waals surface area (Å²) in [5.74, 6) is -1.35. The summed E-state index contributed by atoms with van der Waals surface area (Å²) in [6.45, 7) is 10.6. The molecular weight excluding hydrogens is 615 g/mol. The number of nitrogens with one attached hydrogen (secondary N) is 1. The van der Waals surface area contributed by atoms with Gasteiger partial charge in [0.15, 0.2) is 11.6 Å². The fraction of sp³-hybridized carbons (Fsp3) is 0.564. The number of benzene rings is 1. The second-order valence-corrected chi connectivity index (χ2v) is 16.2. The smallest absolute Gasteiger partial charge is 0.347 e. The number of hydrogen-bond donors (Lipinski definition) is 1. The Labute approximate surface area is 280 Å². The van der Waals surface area contributed by atoms with Crippen molar-refractivity contribution < 1.29 is 27.6 Å². The third-order valence-electron chi connectivity index (χ3n) is 13.0. The zero-order valence-electron chi connectivity index (χ0n) is 28.1. The van der Waals surface area contributed by atoms with Crippen LogP contribution in [-0.2, 0) is 20.6 Å². The third kappa shape index (κ3) is 5.25. The van der Waals surface area contributed by atoms with Gasteiger partial charge in [-0.05, 0) is 97.3 Å². The number of fused-ring (bicyclic) bond motifs is 7. The monoisotopic (exact) mass is 657 g/mol. The maximum Gasteiger partial charge on any atom is 0.416 e. The van der Waals surface area contributed by atoms with Crippen LogP contribution in [0.15, 0.2) is 53.6 Å². The number of amides is 1. The number of halogens is 3. The summed E-state index contributed by atoms with van der Waals surface area (Å²) in [7, 11) is 0. The van der Waals surface area contributed by atoms with Crippen molar-refractivity contribution in [3.05, 3.63) is 64.8 Å². The van der Waals surface area contributed by atoms with E-state index in [4.69, 9.17) is 0 Å². The summed E-state index contributed by atoms with van der Waals surface area (Å²) in [6, 6.07) is 8.25. The quantitative estimate of drug-likeness (QED) is 0.262. The van der Waals surface area contributed by atoms with Crippen LogP contribution in [0.4, 0.5) is 13.2 Å². The van der Waals surface area contributed by atoms with Crippen LogP contribution in [0, 0.1) is 68.5 Å². The fourth-order valence-electron chi connectivity index (χ4n) is 10.5. The minimum Gasteiger partial charge on any atom is -0.347 e. The molecule has 3 fully saturated rings. The fourth-order valence-corrected chi connectivity index (χ4v) is 10.5. The Morgan fingerprint density at radius 1 is 0.958 bits per heavy atom. The molecule has 0 aliphatic heterocycles. The number of hydrogen-bond acceptors (Lipinski definition) is 5. The lowest BCUT2D eigenvalue weighted by atomic mass is 9.40. The molecule has 9 heteroatoms. The summed E-state index contributed by atoms with van der Waals surface area (Å²) < 4.78 is 39.3. The van der Waals surface area contributed by atoms with Crippen LogP contribution >= 0.6 is 0 Å². The van der Waals surface area contributed by atoms with E-state index in [1.54, 1.807) is 0 Å². The van der Waals surface area contributed by atoms with E-state index in [1.807, 2.05) is 25.1 Å². The van der Waals surface area contributed by atoms with Gasteiger partial charge in [-0.2, -0.15) is 23.7 Å². The van der Waals surface area contributed by atoms with Crippen molar-refractivity contribution in [2.75, 3.05) is 0 Å². The van der Waals surface area contributed by atoms with Crippen molar-refractivity contribution in [3.63, 3.8) is 0 Å². The Kier molecular flexibility index (Phi) is 7.98. The Morgan fingerprint density at radius 3 is 2.25 bits per heavy atom. The van der Waals surface area contributed by atoms with E-state index in [2.05, 4.69) is 39.1 Å². The van der Waals surface area contributed by atoms with E-state index in [1.165, 1.54) is 12.1 Å². The summed E-state index contributed by atoms with van der Waals surface area (Å²) in [6.07, 6.45) is 5.54. The Morgan fingerprint density at radius 2 is 1.62 bits per heavy atom. The van der Waals surface area contributed by atoms with Gasteiger partial charge in [0.25, 0.3) is 0 Å². The zero-order chi connectivity index (χ0) is 35.0. The van der Waals surface area contributed by atoms with Crippen LogP contribution in [0.5, 0.6) is 0 Å². The van der Waals surface area contributed by atoms with Crippen LogP contribution in [0.1, 0.15) is 90.7 Å². The molecule has 1 N–H and O–H groups in total. The predicted octanol–water partition coefficient (Wildman–Crippen LogP) is 7.92.